The summed E-state index contributed by atoms with van der Waals surface area (Å²) in [5.74, 6) is 2.71. The van der Waals surface area contributed by atoms with E-state index >= 15 is 0 Å². The minimum absolute atomic E-state index is 0.550. The number of terminal acetylenes is 1. The molecule has 5 aromatic rings. The van der Waals surface area contributed by atoms with Gasteiger partial charge in [-0.2, -0.15) is 0 Å². The number of benzene rings is 5. The Morgan fingerprint density at radius 3 is 1.57 bits per heavy atom. The SMILES string of the molecule is C#Cc1ccc(-c2ccc(C(C=C3COCC3=C)=C([C]#[Os])[P+](c3ccccc3)(c3ccccc3)c3ccccc3)cc2)cc1. The molecule has 0 aliphatic carbocycles. The number of rotatable bonds is 7. The molecule has 1 aliphatic heterocycles. The second-order valence-electron chi connectivity index (χ2n) is 10.6. The van der Waals surface area contributed by atoms with Crippen LogP contribution in [0.2, 0.25) is 0 Å². The van der Waals surface area contributed by atoms with Crippen molar-refractivity contribution in [2.75, 3.05) is 13.2 Å². The Balaban J connectivity index is 1.67. The molecule has 44 heavy (non-hydrogen) atoms. The zero-order chi connectivity index (χ0) is 30.4. The van der Waals surface area contributed by atoms with E-state index in [0.717, 1.165) is 39.0 Å². The molecule has 0 radical (unpaired) electrons. The van der Waals surface area contributed by atoms with E-state index in [0.29, 0.717) is 13.2 Å². The summed E-state index contributed by atoms with van der Waals surface area (Å²) < 4.78 is 9.65. The summed E-state index contributed by atoms with van der Waals surface area (Å²) >= 11 is 1.80. The topological polar surface area (TPSA) is 9.23 Å². The fourth-order valence-electron chi connectivity index (χ4n) is 5.76. The molecule has 1 fully saturated rings. The Hall–Kier alpha value is -4.31. The summed E-state index contributed by atoms with van der Waals surface area (Å²) in [6.07, 6.45) is 7.89. The minimum atomic E-state index is -2.40. The van der Waals surface area contributed by atoms with Gasteiger partial charge in [-0.1, -0.05) is 0 Å². The van der Waals surface area contributed by atoms with Gasteiger partial charge in [-0.3, -0.25) is 0 Å². The van der Waals surface area contributed by atoms with Crippen molar-refractivity contribution in [3.05, 3.63) is 180 Å². The maximum atomic E-state index is 5.84. The molecule has 1 saturated heterocycles. The van der Waals surface area contributed by atoms with Gasteiger partial charge in [0.2, 0.25) is 0 Å². The zero-order valence-corrected chi connectivity index (χ0v) is 27.7. The van der Waals surface area contributed by atoms with Crippen molar-refractivity contribution < 1.29 is 22.7 Å². The third-order valence-corrected chi connectivity index (χ3v) is 13.4. The van der Waals surface area contributed by atoms with E-state index < -0.39 is 7.26 Å². The standard InChI is InChI=1S/C41H31OP.Os/c1-4-33-20-22-34(23-21-33)35-24-26-36(27-25-35)41(28-37-30-42-29-31(37)2)32(3)43(38-14-8-5-9-15-38,39-16-10-6-11-17-39)40-18-12-7-13-19-40;/h1,5-28H,2,29-30H2;/q+1;. The van der Waals surface area contributed by atoms with E-state index in [2.05, 4.69) is 150 Å². The Bertz CT molecular complexity index is 1830. The molecule has 0 spiro atoms. The first-order chi connectivity index (χ1) is 21.6. The van der Waals surface area contributed by atoms with Crippen molar-refractivity contribution >= 4 is 28.7 Å². The van der Waals surface area contributed by atoms with Crippen molar-refractivity contribution in [2.45, 2.75) is 0 Å². The third-order valence-electron chi connectivity index (χ3n) is 7.99. The van der Waals surface area contributed by atoms with Gasteiger partial charge in [0.1, 0.15) is 0 Å². The summed E-state index contributed by atoms with van der Waals surface area (Å²) in [7, 11) is -2.40. The van der Waals surface area contributed by atoms with Crippen LogP contribution in [0.5, 0.6) is 0 Å². The first-order valence-corrected chi connectivity index (χ1v) is 17.5. The number of allylic oxidation sites excluding steroid dienone is 3. The van der Waals surface area contributed by atoms with Crippen molar-refractivity contribution in [1.29, 1.82) is 0 Å². The molecule has 0 N–H and O–H groups in total. The molecule has 0 saturated carbocycles. The summed E-state index contributed by atoms with van der Waals surface area (Å²) in [6.45, 7) is 5.44. The van der Waals surface area contributed by atoms with Crippen molar-refractivity contribution in [2.24, 2.45) is 0 Å². The van der Waals surface area contributed by atoms with Gasteiger partial charge in [0.25, 0.3) is 0 Å². The Kier molecular flexibility index (Phi) is 9.16. The van der Waals surface area contributed by atoms with E-state index in [1.165, 1.54) is 21.2 Å². The molecule has 213 valence electrons. The molecule has 0 amide bonds. The predicted molar refractivity (Wildman–Crippen MR) is 184 cm³/mol. The van der Waals surface area contributed by atoms with Gasteiger partial charge < -0.3 is 0 Å². The summed E-state index contributed by atoms with van der Waals surface area (Å²) in [4.78, 5) is 0. The molecule has 1 heterocycles. The number of hydrogen-bond acceptors (Lipinski definition) is 1. The van der Waals surface area contributed by atoms with Crippen LogP contribution in [0, 0.1) is 16.7 Å². The number of hydrogen-bond donors (Lipinski definition) is 0. The van der Waals surface area contributed by atoms with Gasteiger partial charge in [-0.25, -0.2) is 0 Å². The van der Waals surface area contributed by atoms with Crippen LogP contribution in [0.3, 0.4) is 0 Å². The molecular weight excluding hydrogens is 730 g/mol. The second-order valence-corrected chi connectivity index (χ2v) is 14.6. The molecule has 0 aromatic heterocycles. The molecule has 1 nitrogen and oxygen atoms in total. The van der Waals surface area contributed by atoms with Gasteiger partial charge in [0.05, 0.1) is 0 Å². The summed E-state index contributed by atoms with van der Waals surface area (Å²) in [6, 6.07) is 49.8. The van der Waals surface area contributed by atoms with Crippen molar-refractivity contribution in [3.63, 3.8) is 0 Å². The van der Waals surface area contributed by atoms with E-state index in [1.807, 2.05) is 12.1 Å². The van der Waals surface area contributed by atoms with E-state index in [-0.39, 0.29) is 0 Å². The first kappa shape index (κ1) is 29.7. The second kappa shape index (κ2) is 13.5. The monoisotopic (exact) mass is 762 g/mol. The Morgan fingerprint density at radius 2 is 1.16 bits per heavy atom. The van der Waals surface area contributed by atoms with Gasteiger partial charge in [-0.05, 0) is 0 Å². The zero-order valence-electron chi connectivity index (χ0n) is 24.3. The van der Waals surface area contributed by atoms with Crippen LogP contribution in [0.1, 0.15) is 11.1 Å². The predicted octanol–water partition coefficient (Wildman–Crippen LogP) is 8.06. The fraction of sp³-hybridized carbons (Fsp3) is 0.0488. The van der Waals surface area contributed by atoms with Crippen LogP contribution in [0.25, 0.3) is 16.7 Å². The summed E-state index contributed by atoms with van der Waals surface area (Å²) in [5.41, 5.74) is 7.56. The van der Waals surface area contributed by atoms with Crippen molar-refractivity contribution in [3.8, 4) is 27.8 Å². The van der Waals surface area contributed by atoms with Crippen LogP contribution >= 0.6 is 7.26 Å². The molecule has 5 aromatic carbocycles. The molecule has 1 aliphatic rings. The average Bonchev–Trinajstić information content (AvgIpc) is 3.51. The van der Waals surface area contributed by atoms with Gasteiger partial charge in [0.15, 0.2) is 0 Å². The van der Waals surface area contributed by atoms with Gasteiger partial charge in [0, 0.05) is 0 Å². The van der Waals surface area contributed by atoms with E-state index in [9.17, 15) is 0 Å². The summed E-state index contributed by atoms with van der Waals surface area (Å²) in [5, 5.41) is 5.05. The Labute approximate surface area is 271 Å². The quantitative estimate of drug-likeness (QED) is 0.121. The van der Waals surface area contributed by atoms with E-state index in [1.54, 1.807) is 17.9 Å². The van der Waals surface area contributed by atoms with Crippen LogP contribution in [0.15, 0.2) is 169 Å². The van der Waals surface area contributed by atoms with Crippen LogP contribution in [-0.4, -0.2) is 13.2 Å². The molecule has 0 bridgehead atoms. The maximum absolute atomic E-state index is 5.84. The van der Waals surface area contributed by atoms with Crippen LogP contribution < -0.4 is 15.9 Å². The normalized spacial score (nSPS) is 14.5. The molecular formula is C41H31OOsP+. The molecule has 6 rings (SSSR count). The fourth-order valence-corrected chi connectivity index (χ4v) is 11.6. The molecule has 0 unspecified atom stereocenters. The van der Waals surface area contributed by atoms with Gasteiger partial charge in [-0.15, -0.1) is 6.42 Å². The molecule has 0 atom stereocenters. The molecule has 3 heteroatoms. The Morgan fingerprint density at radius 1 is 0.682 bits per heavy atom. The average molecular weight is 761 g/mol. The van der Waals surface area contributed by atoms with Gasteiger partial charge >= 0.3 is 266 Å². The first-order valence-electron chi connectivity index (χ1n) is 14.5. The van der Waals surface area contributed by atoms with Crippen LogP contribution in [-0.2, 0) is 22.7 Å². The van der Waals surface area contributed by atoms with Crippen LogP contribution in [0.4, 0.5) is 0 Å². The third kappa shape index (κ3) is 5.78. The number of ether oxygens (including phenoxy) is 1. The van der Waals surface area contributed by atoms with Crippen molar-refractivity contribution in [1.82, 2.24) is 0 Å². The van der Waals surface area contributed by atoms with E-state index in [4.69, 9.17) is 11.2 Å².